The Morgan fingerprint density at radius 1 is 1.30 bits per heavy atom. The topological polar surface area (TPSA) is 35.5 Å². The Labute approximate surface area is 125 Å². The summed E-state index contributed by atoms with van der Waals surface area (Å²) in [6.45, 7) is 2.42. The summed E-state index contributed by atoms with van der Waals surface area (Å²) in [7, 11) is 1.88. The molecular formula is C16H25O3S+. The fourth-order valence-electron chi connectivity index (χ4n) is 1.72. The summed E-state index contributed by atoms with van der Waals surface area (Å²) < 4.78 is 10.3. The molecule has 20 heavy (non-hydrogen) atoms. The smallest absolute Gasteiger partial charge is 0.310 e. The second-order valence-electron chi connectivity index (χ2n) is 4.92. The van der Waals surface area contributed by atoms with E-state index in [9.17, 15) is 4.79 Å². The summed E-state index contributed by atoms with van der Waals surface area (Å²) in [6, 6.07) is 10.4. The largest absolute Gasteiger partial charge is 0.465 e. The molecule has 0 aliphatic heterocycles. The maximum atomic E-state index is 11.6. The quantitative estimate of drug-likeness (QED) is 0.519. The van der Waals surface area contributed by atoms with Crippen LogP contribution in [0.4, 0.5) is 0 Å². The average Bonchev–Trinajstić information content (AvgIpc) is 2.46. The van der Waals surface area contributed by atoms with Crippen molar-refractivity contribution >= 4 is 16.9 Å². The zero-order chi connectivity index (χ0) is 14.8. The predicted molar refractivity (Wildman–Crippen MR) is 85.0 cm³/mol. The van der Waals surface area contributed by atoms with Crippen molar-refractivity contribution in [2.24, 2.45) is 0 Å². The minimum absolute atomic E-state index is 0.0966. The lowest BCUT2D eigenvalue weighted by Crippen LogP contribution is -2.16. The normalized spacial score (nSPS) is 13.8. The van der Waals surface area contributed by atoms with Gasteiger partial charge in [-0.15, -0.1) is 0 Å². The van der Waals surface area contributed by atoms with Crippen molar-refractivity contribution in [2.75, 3.05) is 25.7 Å². The maximum Gasteiger partial charge on any atom is 0.310 e. The number of methoxy groups -OCH3 is 1. The van der Waals surface area contributed by atoms with Crippen molar-refractivity contribution in [3.63, 3.8) is 0 Å². The van der Waals surface area contributed by atoms with Crippen LogP contribution in [0.2, 0.25) is 0 Å². The van der Waals surface area contributed by atoms with E-state index in [0.29, 0.717) is 13.0 Å². The molecule has 112 valence electrons. The van der Waals surface area contributed by atoms with Crippen LogP contribution in [0.15, 0.2) is 30.3 Å². The molecule has 0 fully saturated rings. The summed E-state index contributed by atoms with van der Waals surface area (Å²) in [5, 5.41) is 0. The van der Waals surface area contributed by atoms with Crippen LogP contribution in [0.5, 0.6) is 0 Å². The average molecular weight is 297 g/mol. The number of ether oxygens (including phenoxy) is 2. The monoisotopic (exact) mass is 297 g/mol. The van der Waals surface area contributed by atoms with E-state index >= 15 is 0 Å². The van der Waals surface area contributed by atoms with E-state index in [1.54, 1.807) is 7.11 Å². The lowest BCUT2D eigenvalue weighted by atomic mass is 10.2. The summed E-state index contributed by atoms with van der Waals surface area (Å²) >= 11 is 0. The number of rotatable bonds is 9. The van der Waals surface area contributed by atoms with Gasteiger partial charge in [0.15, 0.2) is 0 Å². The third-order valence-electron chi connectivity index (χ3n) is 3.10. The standard InChI is InChI=1S/C16H25O3S/c1-14(18-2)9-11-19-16(17)10-12-20(3)13-15-7-5-4-6-8-15/h4-8,14H,9-13H2,1-3H3/q+1. The van der Waals surface area contributed by atoms with Gasteiger partial charge in [-0.1, -0.05) is 30.3 Å². The first-order chi connectivity index (χ1) is 9.61. The highest BCUT2D eigenvalue weighted by molar-refractivity contribution is 7.95. The summed E-state index contributed by atoms with van der Waals surface area (Å²) in [4.78, 5) is 11.6. The van der Waals surface area contributed by atoms with Crippen LogP contribution in [-0.2, 0) is 30.9 Å². The molecule has 4 heteroatoms. The van der Waals surface area contributed by atoms with Crippen LogP contribution in [0.1, 0.15) is 25.3 Å². The molecule has 0 aliphatic carbocycles. The summed E-state index contributed by atoms with van der Waals surface area (Å²) in [6.07, 6.45) is 3.60. The lowest BCUT2D eigenvalue weighted by molar-refractivity contribution is -0.143. The Balaban J connectivity index is 2.14. The number of hydrogen-bond acceptors (Lipinski definition) is 3. The van der Waals surface area contributed by atoms with Crippen LogP contribution in [0, 0.1) is 0 Å². The third-order valence-corrected chi connectivity index (χ3v) is 4.83. The van der Waals surface area contributed by atoms with Crippen LogP contribution in [-0.4, -0.2) is 37.8 Å². The molecule has 1 aromatic carbocycles. The first-order valence-corrected chi connectivity index (χ1v) is 8.90. The van der Waals surface area contributed by atoms with Crippen molar-refractivity contribution in [1.82, 2.24) is 0 Å². The molecule has 0 amide bonds. The number of hydrogen-bond donors (Lipinski definition) is 0. The Kier molecular flexibility index (Phi) is 8.38. The molecule has 0 aromatic heterocycles. The highest BCUT2D eigenvalue weighted by Crippen LogP contribution is 2.08. The van der Waals surface area contributed by atoms with Gasteiger partial charge in [0.25, 0.3) is 0 Å². The Bertz CT molecular complexity index is 381. The van der Waals surface area contributed by atoms with E-state index in [-0.39, 0.29) is 23.0 Å². The van der Waals surface area contributed by atoms with E-state index in [2.05, 4.69) is 30.5 Å². The Morgan fingerprint density at radius 2 is 2.00 bits per heavy atom. The third kappa shape index (κ3) is 7.56. The number of carbonyl (C=O) groups is 1. The minimum atomic E-state index is -0.0966. The van der Waals surface area contributed by atoms with Gasteiger partial charge >= 0.3 is 5.97 Å². The highest BCUT2D eigenvalue weighted by Gasteiger charge is 2.15. The van der Waals surface area contributed by atoms with Crippen molar-refractivity contribution in [3.8, 4) is 0 Å². The molecule has 0 heterocycles. The highest BCUT2D eigenvalue weighted by atomic mass is 32.2. The molecule has 0 saturated carbocycles. The summed E-state index contributed by atoms with van der Waals surface area (Å²) in [5.74, 6) is 1.84. The first-order valence-electron chi connectivity index (χ1n) is 6.93. The second-order valence-corrected chi connectivity index (χ2v) is 7.18. The molecular weight excluding hydrogens is 272 g/mol. The molecule has 2 unspecified atom stereocenters. The molecule has 3 nitrogen and oxygen atoms in total. The zero-order valence-electron chi connectivity index (χ0n) is 12.6. The van der Waals surface area contributed by atoms with E-state index in [4.69, 9.17) is 9.47 Å². The van der Waals surface area contributed by atoms with Crippen molar-refractivity contribution < 1.29 is 14.3 Å². The van der Waals surface area contributed by atoms with Gasteiger partial charge in [0.05, 0.1) is 25.4 Å². The number of esters is 1. The van der Waals surface area contributed by atoms with Gasteiger partial charge in [-0.2, -0.15) is 0 Å². The Morgan fingerprint density at radius 3 is 2.65 bits per heavy atom. The van der Waals surface area contributed by atoms with Gasteiger partial charge in [-0.05, 0) is 17.8 Å². The van der Waals surface area contributed by atoms with E-state index in [0.717, 1.165) is 17.9 Å². The summed E-state index contributed by atoms with van der Waals surface area (Å²) in [5.41, 5.74) is 1.33. The van der Waals surface area contributed by atoms with Gasteiger partial charge in [0.1, 0.15) is 11.5 Å². The molecule has 0 radical (unpaired) electrons. The van der Waals surface area contributed by atoms with Gasteiger partial charge < -0.3 is 9.47 Å². The Hall–Kier alpha value is -1.00. The van der Waals surface area contributed by atoms with Crippen molar-refractivity contribution in [3.05, 3.63) is 35.9 Å². The van der Waals surface area contributed by atoms with Crippen molar-refractivity contribution in [2.45, 2.75) is 31.6 Å². The first kappa shape index (κ1) is 17.1. The molecule has 0 aliphatic rings. The van der Waals surface area contributed by atoms with Crippen LogP contribution in [0.3, 0.4) is 0 Å². The maximum absolute atomic E-state index is 11.6. The SMILES string of the molecule is COC(C)CCOC(=O)CC[S+](C)Cc1ccccc1. The van der Waals surface area contributed by atoms with Crippen LogP contribution in [0.25, 0.3) is 0 Å². The fourth-order valence-corrected chi connectivity index (χ4v) is 3.14. The molecule has 0 spiro atoms. The van der Waals surface area contributed by atoms with E-state index < -0.39 is 0 Å². The predicted octanol–water partition coefficient (Wildman–Crippen LogP) is 2.79. The van der Waals surface area contributed by atoms with Crippen LogP contribution < -0.4 is 0 Å². The molecule has 1 aromatic rings. The zero-order valence-corrected chi connectivity index (χ0v) is 13.4. The van der Waals surface area contributed by atoms with Crippen molar-refractivity contribution in [1.29, 1.82) is 0 Å². The number of benzene rings is 1. The van der Waals surface area contributed by atoms with Gasteiger partial charge in [0, 0.05) is 19.1 Å². The molecule has 0 bridgehead atoms. The van der Waals surface area contributed by atoms with Gasteiger partial charge in [0.2, 0.25) is 0 Å². The second kappa shape index (κ2) is 9.83. The lowest BCUT2D eigenvalue weighted by Gasteiger charge is -2.09. The molecule has 0 saturated heterocycles. The molecule has 0 N–H and O–H groups in total. The van der Waals surface area contributed by atoms with Crippen LogP contribution >= 0.6 is 0 Å². The minimum Gasteiger partial charge on any atom is -0.465 e. The number of carbonyl (C=O) groups excluding carboxylic acids is 1. The van der Waals surface area contributed by atoms with Gasteiger partial charge in [-0.3, -0.25) is 4.79 Å². The molecule has 1 rings (SSSR count). The van der Waals surface area contributed by atoms with E-state index in [1.165, 1.54) is 5.56 Å². The van der Waals surface area contributed by atoms with E-state index in [1.807, 2.05) is 13.0 Å². The van der Waals surface area contributed by atoms with Gasteiger partial charge in [-0.25, -0.2) is 0 Å². The fraction of sp³-hybridized carbons (Fsp3) is 0.562. The molecule has 2 atom stereocenters.